The summed E-state index contributed by atoms with van der Waals surface area (Å²) < 4.78 is 25.9. The highest BCUT2D eigenvalue weighted by atomic mass is 19.1. The van der Waals surface area contributed by atoms with Crippen molar-refractivity contribution in [3.05, 3.63) is 35.9 Å². The number of hydrogen-bond donors (Lipinski definition) is 0. The van der Waals surface area contributed by atoms with Crippen LogP contribution in [0.5, 0.6) is 11.6 Å². The highest BCUT2D eigenvalue weighted by molar-refractivity contribution is 5.97. The van der Waals surface area contributed by atoms with E-state index in [1.165, 1.54) is 50.2 Å². The zero-order valence-corrected chi connectivity index (χ0v) is 28.7. The molecule has 47 heavy (non-hydrogen) atoms. The number of ketones is 1. The molecule has 3 heterocycles. The summed E-state index contributed by atoms with van der Waals surface area (Å²) in [5.74, 6) is 1.47. The molecule has 2 aliphatic carbocycles. The molecule has 4 aliphatic rings. The van der Waals surface area contributed by atoms with Crippen LogP contribution >= 0.6 is 0 Å². The van der Waals surface area contributed by atoms with E-state index in [2.05, 4.69) is 25.0 Å². The Morgan fingerprint density at radius 2 is 1.77 bits per heavy atom. The Balaban J connectivity index is 1.03. The highest BCUT2D eigenvalue weighted by Gasteiger charge is 2.48. The van der Waals surface area contributed by atoms with Crippen molar-refractivity contribution >= 4 is 17.5 Å². The molecule has 2 saturated carbocycles. The van der Waals surface area contributed by atoms with E-state index in [1.807, 2.05) is 27.7 Å². The summed E-state index contributed by atoms with van der Waals surface area (Å²) in [5.41, 5.74) is 0.617. The van der Waals surface area contributed by atoms with Gasteiger partial charge in [-0.1, -0.05) is 0 Å². The third kappa shape index (κ3) is 7.16. The van der Waals surface area contributed by atoms with Gasteiger partial charge in [-0.25, -0.2) is 9.37 Å². The van der Waals surface area contributed by atoms with Crippen LogP contribution < -0.4 is 9.64 Å². The number of methoxy groups -OCH3 is 1. The van der Waals surface area contributed by atoms with Crippen molar-refractivity contribution in [2.75, 3.05) is 51.3 Å². The fourth-order valence-corrected chi connectivity index (χ4v) is 8.84. The number of benzene rings is 1. The number of carbonyl (C=O) groups excluding carboxylic acids is 2. The summed E-state index contributed by atoms with van der Waals surface area (Å²) in [4.78, 5) is 37.1. The lowest BCUT2D eigenvalue weighted by Crippen LogP contribution is -2.61. The lowest BCUT2D eigenvalue weighted by atomic mass is 9.68. The summed E-state index contributed by atoms with van der Waals surface area (Å²) in [6, 6.07) is 3.86. The van der Waals surface area contributed by atoms with E-state index in [-0.39, 0.29) is 51.9 Å². The van der Waals surface area contributed by atoms with Crippen molar-refractivity contribution < 1.29 is 23.5 Å². The average molecular weight is 651 g/mol. The predicted molar refractivity (Wildman–Crippen MR) is 177 cm³/mol. The molecule has 0 bridgehead atoms. The SMILES string of the molecule is COC[C@@H]1CC2(CCC(CN3CCC4(CC3)CN(c3ncnnc3Oc3ccc(F)cc3C(=O)N(C(C)C)C(C)C)C4)CC2)CC1=O. The van der Waals surface area contributed by atoms with Gasteiger partial charge in [-0.3, -0.25) is 9.59 Å². The Morgan fingerprint density at radius 3 is 2.43 bits per heavy atom. The Bertz CT molecular complexity index is 1420. The van der Waals surface area contributed by atoms with Crippen LogP contribution in [0.2, 0.25) is 0 Å². The van der Waals surface area contributed by atoms with Gasteiger partial charge in [-0.05, 0) is 115 Å². The fourth-order valence-electron chi connectivity index (χ4n) is 8.84. The number of anilines is 1. The molecule has 2 saturated heterocycles. The van der Waals surface area contributed by atoms with E-state index in [0.29, 0.717) is 24.1 Å². The van der Waals surface area contributed by atoms with Crippen LogP contribution in [0.4, 0.5) is 10.2 Å². The van der Waals surface area contributed by atoms with E-state index < -0.39 is 5.82 Å². The second-order valence-corrected chi connectivity index (χ2v) is 15.3. The zero-order valence-electron chi connectivity index (χ0n) is 28.7. The van der Waals surface area contributed by atoms with Crippen molar-refractivity contribution in [3.63, 3.8) is 0 Å². The molecule has 1 amide bonds. The van der Waals surface area contributed by atoms with E-state index in [9.17, 15) is 14.0 Å². The maximum atomic E-state index is 14.4. The normalized spacial score (nSPS) is 26.0. The number of amides is 1. The number of halogens is 1. The van der Waals surface area contributed by atoms with Gasteiger partial charge in [0.2, 0.25) is 0 Å². The van der Waals surface area contributed by atoms with Gasteiger partial charge in [0.15, 0.2) is 5.82 Å². The molecule has 2 aliphatic heterocycles. The molecule has 2 spiro atoms. The minimum Gasteiger partial charge on any atom is -0.434 e. The van der Waals surface area contributed by atoms with Crippen LogP contribution in [0.15, 0.2) is 24.5 Å². The van der Waals surface area contributed by atoms with E-state index in [0.717, 1.165) is 58.4 Å². The molecule has 6 rings (SSSR count). The van der Waals surface area contributed by atoms with Crippen LogP contribution in [-0.4, -0.2) is 95.2 Å². The highest BCUT2D eigenvalue weighted by Crippen LogP contribution is 2.51. The summed E-state index contributed by atoms with van der Waals surface area (Å²) in [7, 11) is 1.70. The van der Waals surface area contributed by atoms with Gasteiger partial charge in [0.1, 0.15) is 23.7 Å². The molecular weight excluding hydrogens is 599 g/mol. The van der Waals surface area contributed by atoms with Gasteiger partial charge in [0.25, 0.3) is 11.8 Å². The van der Waals surface area contributed by atoms with Crippen molar-refractivity contribution in [2.24, 2.45) is 22.7 Å². The Kier molecular flexibility index (Phi) is 9.86. The quantitative estimate of drug-likeness (QED) is 0.317. The van der Waals surface area contributed by atoms with Crippen LogP contribution in [0.1, 0.15) is 89.4 Å². The second-order valence-electron chi connectivity index (χ2n) is 15.3. The minimum atomic E-state index is -0.504. The lowest BCUT2D eigenvalue weighted by molar-refractivity contribution is -0.122. The Hall–Kier alpha value is -3.18. The van der Waals surface area contributed by atoms with Crippen LogP contribution in [0, 0.1) is 28.5 Å². The van der Waals surface area contributed by atoms with Crippen molar-refractivity contribution in [1.29, 1.82) is 0 Å². The van der Waals surface area contributed by atoms with Crippen LogP contribution in [-0.2, 0) is 9.53 Å². The van der Waals surface area contributed by atoms with Crippen LogP contribution in [0.3, 0.4) is 0 Å². The summed E-state index contributed by atoms with van der Waals surface area (Å²) in [6.45, 7) is 13.4. The van der Waals surface area contributed by atoms with Gasteiger partial charge in [-0.2, -0.15) is 0 Å². The molecular formula is C36H51FN6O4. The second kappa shape index (κ2) is 13.7. The van der Waals surface area contributed by atoms with E-state index in [1.54, 1.807) is 12.0 Å². The molecule has 10 nitrogen and oxygen atoms in total. The number of hydrogen-bond acceptors (Lipinski definition) is 9. The van der Waals surface area contributed by atoms with Gasteiger partial charge in [0.05, 0.1) is 12.2 Å². The third-order valence-electron chi connectivity index (χ3n) is 11.3. The first-order chi connectivity index (χ1) is 22.5. The fraction of sp³-hybridized carbons (Fsp3) is 0.694. The first-order valence-corrected chi connectivity index (χ1v) is 17.5. The third-order valence-corrected chi connectivity index (χ3v) is 11.3. The average Bonchev–Trinajstić information content (AvgIpc) is 3.32. The summed E-state index contributed by atoms with van der Waals surface area (Å²) >= 11 is 0. The smallest absolute Gasteiger partial charge is 0.282 e. The molecule has 2 aromatic rings. The molecule has 11 heteroatoms. The maximum Gasteiger partial charge on any atom is 0.282 e. The number of Topliss-reactive ketones (excluding diaryl/α,β-unsaturated/α-hetero) is 1. The van der Waals surface area contributed by atoms with Gasteiger partial charge < -0.3 is 24.2 Å². The van der Waals surface area contributed by atoms with E-state index in [4.69, 9.17) is 9.47 Å². The first kappa shape index (κ1) is 33.7. The molecule has 1 aromatic carbocycles. The largest absolute Gasteiger partial charge is 0.434 e. The number of nitrogens with zero attached hydrogens (tertiary/aromatic N) is 6. The topological polar surface area (TPSA) is 101 Å². The number of aromatic nitrogens is 3. The van der Waals surface area contributed by atoms with Gasteiger partial charge >= 0.3 is 0 Å². The van der Waals surface area contributed by atoms with Crippen molar-refractivity contribution in [3.8, 4) is 11.6 Å². The number of piperidine rings is 1. The summed E-state index contributed by atoms with van der Waals surface area (Å²) in [5, 5.41) is 8.20. The minimum absolute atomic E-state index is 0.0657. The molecule has 1 aromatic heterocycles. The lowest BCUT2D eigenvalue weighted by Gasteiger charge is -2.54. The number of likely N-dealkylation sites (tertiary alicyclic amines) is 1. The predicted octanol–water partition coefficient (Wildman–Crippen LogP) is 5.77. The van der Waals surface area contributed by atoms with Gasteiger partial charge in [0, 0.05) is 56.6 Å². The standard InChI is InChI=1S/C36H51FN6O4/c1-24(2)43(25(3)4)34(45)29-16-28(37)6-7-31(29)47-33-32(38-23-39-40-33)42-21-36(22-42)12-14-41(15-13-36)19-26-8-10-35(11-9-26)17-27(20-46-5)30(44)18-35/h6-7,16,23-27H,8-15,17-22H2,1-5H3/t26?,27-,35?/m0/s1. The van der Waals surface area contributed by atoms with Crippen molar-refractivity contribution in [2.45, 2.75) is 91.1 Å². The number of carbonyl (C=O) groups is 2. The van der Waals surface area contributed by atoms with Crippen molar-refractivity contribution in [1.82, 2.24) is 25.0 Å². The Labute approximate surface area is 278 Å². The van der Waals surface area contributed by atoms with Gasteiger partial charge in [-0.15, -0.1) is 10.2 Å². The Morgan fingerprint density at radius 1 is 1.06 bits per heavy atom. The first-order valence-electron chi connectivity index (χ1n) is 17.5. The molecule has 0 unspecified atom stereocenters. The zero-order chi connectivity index (χ0) is 33.3. The molecule has 1 atom stereocenters. The number of rotatable bonds is 10. The maximum absolute atomic E-state index is 14.4. The molecule has 4 fully saturated rings. The summed E-state index contributed by atoms with van der Waals surface area (Å²) in [6.07, 6.45) is 10.3. The number of ether oxygens (including phenoxy) is 2. The molecule has 0 N–H and O–H groups in total. The molecule has 256 valence electrons. The van der Waals surface area contributed by atoms with E-state index >= 15 is 0 Å². The van der Waals surface area contributed by atoms with Crippen LogP contribution in [0.25, 0.3) is 0 Å². The molecule has 0 radical (unpaired) electrons. The monoisotopic (exact) mass is 650 g/mol.